The number of nitriles is 1. The molecule has 2 aromatic carbocycles. The van der Waals surface area contributed by atoms with Crippen LogP contribution >= 0.6 is 22.6 Å². The van der Waals surface area contributed by atoms with Crippen molar-refractivity contribution in [3.05, 3.63) is 68.9 Å². The Morgan fingerprint density at radius 1 is 1.00 bits per heavy atom. The summed E-state index contributed by atoms with van der Waals surface area (Å²) < 4.78 is 1.21. The fourth-order valence-electron chi connectivity index (χ4n) is 2.48. The van der Waals surface area contributed by atoms with Gasteiger partial charge in [-0.05, 0) is 90.0 Å². The van der Waals surface area contributed by atoms with E-state index in [0.717, 1.165) is 17.2 Å². The standard InChI is InChI=1S/C19H16IN5/c1-12-9-15(20)10-13(2)18(12)24-17-7-8-22-19(25-17)23-16-5-3-14(11-21)4-6-16/h3-10H,1-2H3,(H2,22,23,24,25). The second kappa shape index (κ2) is 7.49. The van der Waals surface area contributed by atoms with E-state index < -0.39 is 0 Å². The lowest BCUT2D eigenvalue weighted by molar-refractivity contribution is 1.16. The Kier molecular flexibility index (Phi) is 5.14. The summed E-state index contributed by atoms with van der Waals surface area (Å²) in [6.07, 6.45) is 1.71. The molecule has 2 N–H and O–H groups in total. The molecule has 1 aromatic heterocycles. The zero-order valence-corrected chi connectivity index (χ0v) is 16.0. The first kappa shape index (κ1) is 17.2. The minimum absolute atomic E-state index is 0.496. The van der Waals surface area contributed by atoms with Gasteiger partial charge in [0, 0.05) is 21.1 Å². The van der Waals surface area contributed by atoms with Gasteiger partial charge in [-0.2, -0.15) is 10.2 Å². The van der Waals surface area contributed by atoms with Crippen LogP contribution in [0.5, 0.6) is 0 Å². The summed E-state index contributed by atoms with van der Waals surface area (Å²) in [5, 5.41) is 15.4. The van der Waals surface area contributed by atoms with Gasteiger partial charge in [0.1, 0.15) is 5.82 Å². The second-order valence-electron chi connectivity index (χ2n) is 5.62. The van der Waals surface area contributed by atoms with Gasteiger partial charge in [-0.25, -0.2) is 4.98 Å². The summed E-state index contributed by atoms with van der Waals surface area (Å²) in [6.45, 7) is 4.16. The quantitative estimate of drug-likeness (QED) is 0.554. The molecule has 0 saturated carbocycles. The molecule has 5 nitrogen and oxygen atoms in total. The van der Waals surface area contributed by atoms with Crippen molar-refractivity contribution >= 4 is 45.7 Å². The fourth-order valence-corrected chi connectivity index (χ4v) is 3.42. The smallest absolute Gasteiger partial charge is 0.229 e. The summed E-state index contributed by atoms with van der Waals surface area (Å²) >= 11 is 2.32. The lowest BCUT2D eigenvalue weighted by Gasteiger charge is -2.13. The van der Waals surface area contributed by atoms with Gasteiger partial charge in [0.2, 0.25) is 5.95 Å². The van der Waals surface area contributed by atoms with E-state index in [1.807, 2.05) is 18.2 Å². The molecule has 0 bridgehead atoms. The van der Waals surface area contributed by atoms with E-state index >= 15 is 0 Å². The highest BCUT2D eigenvalue weighted by Gasteiger charge is 2.07. The highest BCUT2D eigenvalue weighted by Crippen LogP contribution is 2.26. The molecule has 3 rings (SSSR count). The summed E-state index contributed by atoms with van der Waals surface area (Å²) in [5.74, 6) is 1.22. The highest BCUT2D eigenvalue weighted by molar-refractivity contribution is 14.1. The van der Waals surface area contributed by atoms with E-state index in [1.165, 1.54) is 14.7 Å². The van der Waals surface area contributed by atoms with Crippen molar-refractivity contribution in [1.29, 1.82) is 5.26 Å². The molecule has 1 heterocycles. The Hall–Kier alpha value is -2.66. The van der Waals surface area contributed by atoms with Gasteiger partial charge in [0.05, 0.1) is 11.6 Å². The Labute approximate surface area is 160 Å². The lowest BCUT2D eigenvalue weighted by atomic mass is 10.1. The number of rotatable bonds is 4. The van der Waals surface area contributed by atoms with Crippen molar-refractivity contribution in [2.45, 2.75) is 13.8 Å². The van der Waals surface area contributed by atoms with E-state index in [2.05, 4.69) is 75.2 Å². The molecule has 0 unspecified atom stereocenters. The minimum atomic E-state index is 0.496. The monoisotopic (exact) mass is 441 g/mol. The summed E-state index contributed by atoms with van der Waals surface area (Å²) in [6, 6.07) is 15.4. The normalized spacial score (nSPS) is 10.2. The van der Waals surface area contributed by atoms with Crippen LogP contribution in [0.2, 0.25) is 0 Å². The summed E-state index contributed by atoms with van der Waals surface area (Å²) in [7, 11) is 0. The van der Waals surface area contributed by atoms with Crippen LogP contribution in [0.15, 0.2) is 48.7 Å². The predicted octanol–water partition coefficient (Wildman–Crippen LogP) is 5.06. The predicted molar refractivity (Wildman–Crippen MR) is 108 cm³/mol. The van der Waals surface area contributed by atoms with Gasteiger partial charge in [-0.3, -0.25) is 0 Å². The summed E-state index contributed by atoms with van der Waals surface area (Å²) in [4.78, 5) is 8.76. The van der Waals surface area contributed by atoms with Crippen molar-refractivity contribution in [2.24, 2.45) is 0 Å². The van der Waals surface area contributed by atoms with E-state index in [1.54, 1.807) is 18.3 Å². The number of nitrogens with zero attached hydrogens (tertiary/aromatic N) is 3. The third-order valence-corrected chi connectivity index (χ3v) is 4.30. The maximum Gasteiger partial charge on any atom is 0.229 e. The molecule has 25 heavy (non-hydrogen) atoms. The first-order valence-corrected chi connectivity index (χ1v) is 8.77. The van der Waals surface area contributed by atoms with Crippen LogP contribution in [-0.4, -0.2) is 9.97 Å². The molecule has 0 fully saturated rings. The van der Waals surface area contributed by atoms with Gasteiger partial charge in [-0.1, -0.05) is 0 Å². The molecule has 0 aliphatic heterocycles. The Bertz CT molecular complexity index is 922. The van der Waals surface area contributed by atoms with E-state index in [9.17, 15) is 0 Å². The van der Waals surface area contributed by atoms with Crippen LogP contribution < -0.4 is 10.6 Å². The van der Waals surface area contributed by atoms with Crippen LogP contribution in [0.1, 0.15) is 16.7 Å². The number of hydrogen-bond donors (Lipinski definition) is 2. The van der Waals surface area contributed by atoms with Crippen LogP contribution in [0, 0.1) is 28.7 Å². The number of aryl methyl sites for hydroxylation is 2. The number of hydrogen-bond acceptors (Lipinski definition) is 5. The fraction of sp³-hybridized carbons (Fsp3) is 0.105. The zero-order chi connectivity index (χ0) is 17.8. The number of halogens is 1. The largest absolute Gasteiger partial charge is 0.340 e. The minimum Gasteiger partial charge on any atom is -0.340 e. The average Bonchev–Trinajstić information content (AvgIpc) is 2.59. The highest BCUT2D eigenvalue weighted by atomic mass is 127. The maximum absolute atomic E-state index is 8.85. The SMILES string of the molecule is Cc1cc(I)cc(C)c1Nc1ccnc(Nc2ccc(C#N)cc2)n1. The molecule has 124 valence electrons. The molecular formula is C19H16IN5. The molecule has 0 saturated heterocycles. The zero-order valence-electron chi connectivity index (χ0n) is 13.8. The van der Waals surface area contributed by atoms with Crippen molar-refractivity contribution in [3.63, 3.8) is 0 Å². The first-order valence-electron chi connectivity index (χ1n) is 7.69. The van der Waals surface area contributed by atoms with Crippen molar-refractivity contribution < 1.29 is 0 Å². The first-order chi connectivity index (χ1) is 12.0. The molecule has 0 aliphatic rings. The third-order valence-electron chi connectivity index (χ3n) is 3.68. The number of benzene rings is 2. The van der Waals surface area contributed by atoms with Crippen LogP contribution in [0.25, 0.3) is 0 Å². The molecule has 6 heteroatoms. The van der Waals surface area contributed by atoms with E-state index in [4.69, 9.17) is 5.26 Å². The topological polar surface area (TPSA) is 73.6 Å². The van der Waals surface area contributed by atoms with Crippen molar-refractivity contribution in [3.8, 4) is 6.07 Å². The third kappa shape index (κ3) is 4.25. The van der Waals surface area contributed by atoms with Gasteiger partial charge in [0.25, 0.3) is 0 Å². The molecule has 3 aromatic rings. The van der Waals surface area contributed by atoms with Crippen LogP contribution in [0.3, 0.4) is 0 Å². The lowest BCUT2D eigenvalue weighted by Crippen LogP contribution is -2.02. The molecule has 0 spiro atoms. The Morgan fingerprint density at radius 3 is 2.32 bits per heavy atom. The van der Waals surface area contributed by atoms with E-state index in [0.29, 0.717) is 11.5 Å². The molecule has 0 atom stereocenters. The number of nitrogens with one attached hydrogen (secondary N) is 2. The van der Waals surface area contributed by atoms with E-state index in [-0.39, 0.29) is 0 Å². The molecular weight excluding hydrogens is 425 g/mol. The average molecular weight is 441 g/mol. The second-order valence-corrected chi connectivity index (χ2v) is 6.86. The number of aromatic nitrogens is 2. The van der Waals surface area contributed by atoms with Gasteiger partial charge in [0.15, 0.2) is 0 Å². The molecule has 0 amide bonds. The van der Waals surface area contributed by atoms with Gasteiger partial charge < -0.3 is 10.6 Å². The Morgan fingerprint density at radius 2 is 1.68 bits per heavy atom. The Balaban J connectivity index is 1.81. The van der Waals surface area contributed by atoms with Crippen molar-refractivity contribution in [1.82, 2.24) is 9.97 Å². The number of anilines is 4. The maximum atomic E-state index is 8.85. The van der Waals surface area contributed by atoms with Crippen LogP contribution in [0.4, 0.5) is 23.1 Å². The molecule has 0 radical (unpaired) electrons. The van der Waals surface area contributed by atoms with Gasteiger partial charge in [-0.15, -0.1) is 0 Å². The van der Waals surface area contributed by atoms with Crippen LogP contribution in [-0.2, 0) is 0 Å². The van der Waals surface area contributed by atoms with Crippen molar-refractivity contribution in [2.75, 3.05) is 10.6 Å². The van der Waals surface area contributed by atoms with Gasteiger partial charge >= 0.3 is 0 Å². The molecule has 0 aliphatic carbocycles. The summed E-state index contributed by atoms with van der Waals surface area (Å²) in [5.41, 5.74) is 4.85.